The molecule has 1 rings (SSSR count). The molecule has 14 heavy (non-hydrogen) atoms. The van der Waals surface area contributed by atoms with Crippen molar-refractivity contribution in [3.8, 4) is 0 Å². The van der Waals surface area contributed by atoms with E-state index in [1.54, 1.807) is 0 Å². The fraction of sp³-hybridized carbons (Fsp3) is 1.00. The Bertz CT molecular complexity index is 139. The zero-order valence-electron chi connectivity index (χ0n) is 10.1. The van der Waals surface area contributed by atoms with Crippen molar-refractivity contribution < 1.29 is 0 Å². The van der Waals surface area contributed by atoms with Gasteiger partial charge in [0.05, 0.1) is 0 Å². The lowest BCUT2D eigenvalue weighted by Crippen LogP contribution is -2.32. The highest BCUT2D eigenvalue weighted by molar-refractivity contribution is 4.80. The Hall–Kier alpha value is -0.0800. The first-order chi connectivity index (χ1) is 6.80. The molecule has 0 bridgehead atoms. The van der Waals surface area contributed by atoms with Crippen LogP contribution in [-0.4, -0.2) is 37.6 Å². The third-order valence-electron chi connectivity index (χ3n) is 3.41. The van der Waals surface area contributed by atoms with Gasteiger partial charge in [0.2, 0.25) is 0 Å². The number of nitrogens with zero attached hydrogens (tertiary/aromatic N) is 1. The molecule has 0 spiro atoms. The zero-order chi connectivity index (χ0) is 10.4. The van der Waals surface area contributed by atoms with Crippen LogP contribution in [0.25, 0.3) is 0 Å². The molecule has 0 aromatic carbocycles. The molecule has 2 nitrogen and oxygen atoms in total. The van der Waals surface area contributed by atoms with Gasteiger partial charge in [-0.3, -0.25) is 0 Å². The van der Waals surface area contributed by atoms with Gasteiger partial charge in [0.25, 0.3) is 0 Å². The molecule has 0 radical (unpaired) electrons. The van der Waals surface area contributed by atoms with Crippen LogP contribution in [0, 0.1) is 5.92 Å². The fourth-order valence-electron chi connectivity index (χ4n) is 2.01. The quantitative estimate of drug-likeness (QED) is 0.642. The van der Waals surface area contributed by atoms with Gasteiger partial charge < -0.3 is 10.2 Å². The van der Waals surface area contributed by atoms with Crippen LogP contribution in [0.5, 0.6) is 0 Å². The minimum absolute atomic E-state index is 0.753. The molecule has 1 unspecified atom stereocenters. The van der Waals surface area contributed by atoms with E-state index in [4.69, 9.17) is 0 Å². The maximum atomic E-state index is 3.45. The topological polar surface area (TPSA) is 15.3 Å². The Kier molecular flexibility index (Phi) is 5.49. The van der Waals surface area contributed by atoms with E-state index in [-0.39, 0.29) is 0 Å². The van der Waals surface area contributed by atoms with Crippen molar-refractivity contribution in [3.05, 3.63) is 0 Å². The molecule has 1 aliphatic rings. The molecule has 84 valence electrons. The number of nitrogens with one attached hydrogen (secondary N) is 1. The molecular formula is C12H26N2. The predicted molar refractivity (Wildman–Crippen MR) is 62.6 cm³/mol. The van der Waals surface area contributed by atoms with Crippen LogP contribution in [0.2, 0.25) is 0 Å². The SMILES string of the molecule is CCN(CC)CCC(CC1CC1)NC. The lowest BCUT2D eigenvalue weighted by molar-refractivity contribution is 0.278. The summed E-state index contributed by atoms with van der Waals surface area (Å²) in [6.45, 7) is 8.13. The Morgan fingerprint density at radius 1 is 1.29 bits per heavy atom. The summed E-state index contributed by atoms with van der Waals surface area (Å²) in [7, 11) is 2.11. The summed E-state index contributed by atoms with van der Waals surface area (Å²) < 4.78 is 0. The summed E-state index contributed by atoms with van der Waals surface area (Å²) in [5.74, 6) is 1.05. The van der Waals surface area contributed by atoms with Crippen molar-refractivity contribution in [2.75, 3.05) is 26.7 Å². The molecule has 1 N–H and O–H groups in total. The van der Waals surface area contributed by atoms with Crippen LogP contribution in [0.15, 0.2) is 0 Å². The van der Waals surface area contributed by atoms with E-state index >= 15 is 0 Å². The van der Waals surface area contributed by atoms with Crippen molar-refractivity contribution in [3.63, 3.8) is 0 Å². The second-order valence-corrected chi connectivity index (χ2v) is 4.48. The second-order valence-electron chi connectivity index (χ2n) is 4.48. The summed E-state index contributed by atoms with van der Waals surface area (Å²) in [6, 6.07) is 0.753. The highest BCUT2D eigenvalue weighted by Crippen LogP contribution is 2.33. The summed E-state index contributed by atoms with van der Waals surface area (Å²) in [5, 5.41) is 3.45. The predicted octanol–water partition coefficient (Wildman–Crippen LogP) is 2.11. The molecule has 0 aromatic rings. The number of rotatable bonds is 8. The van der Waals surface area contributed by atoms with Crippen LogP contribution < -0.4 is 5.32 Å². The third kappa shape index (κ3) is 4.43. The van der Waals surface area contributed by atoms with Gasteiger partial charge in [0, 0.05) is 6.04 Å². The largest absolute Gasteiger partial charge is 0.317 e. The van der Waals surface area contributed by atoms with Gasteiger partial charge in [-0.1, -0.05) is 26.7 Å². The molecule has 1 saturated carbocycles. The Labute approximate surface area is 89.1 Å². The van der Waals surface area contributed by atoms with E-state index in [0.717, 1.165) is 12.0 Å². The first-order valence-electron chi connectivity index (χ1n) is 6.19. The van der Waals surface area contributed by atoms with Gasteiger partial charge in [-0.25, -0.2) is 0 Å². The first kappa shape index (κ1) is 12.0. The summed E-state index contributed by atoms with van der Waals surface area (Å²) in [4.78, 5) is 2.51. The average molecular weight is 198 g/mol. The number of hydrogen-bond acceptors (Lipinski definition) is 2. The van der Waals surface area contributed by atoms with Gasteiger partial charge in [-0.2, -0.15) is 0 Å². The third-order valence-corrected chi connectivity index (χ3v) is 3.41. The van der Waals surface area contributed by atoms with Crippen LogP contribution in [0.1, 0.15) is 39.5 Å². The van der Waals surface area contributed by atoms with Gasteiger partial charge in [-0.05, 0) is 45.4 Å². The molecule has 0 aliphatic heterocycles. The molecule has 1 aliphatic carbocycles. The molecule has 0 aromatic heterocycles. The van der Waals surface area contributed by atoms with Gasteiger partial charge in [0.1, 0.15) is 0 Å². The molecule has 1 fully saturated rings. The van der Waals surface area contributed by atoms with E-state index in [1.165, 1.54) is 45.3 Å². The summed E-state index contributed by atoms with van der Waals surface area (Å²) in [6.07, 6.45) is 5.67. The maximum Gasteiger partial charge on any atom is 0.00788 e. The van der Waals surface area contributed by atoms with Gasteiger partial charge in [-0.15, -0.1) is 0 Å². The van der Waals surface area contributed by atoms with E-state index in [2.05, 4.69) is 31.1 Å². The van der Waals surface area contributed by atoms with E-state index in [9.17, 15) is 0 Å². The minimum atomic E-state index is 0.753. The molecule has 0 heterocycles. The molecule has 0 amide bonds. The monoisotopic (exact) mass is 198 g/mol. The van der Waals surface area contributed by atoms with Crippen LogP contribution in [0.3, 0.4) is 0 Å². The van der Waals surface area contributed by atoms with Crippen molar-refractivity contribution >= 4 is 0 Å². The van der Waals surface area contributed by atoms with Crippen molar-refractivity contribution in [1.82, 2.24) is 10.2 Å². The summed E-state index contributed by atoms with van der Waals surface area (Å²) >= 11 is 0. The number of hydrogen-bond donors (Lipinski definition) is 1. The van der Waals surface area contributed by atoms with Crippen molar-refractivity contribution in [2.45, 2.75) is 45.6 Å². The maximum absolute atomic E-state index is 3.45. The van der Waals surface area contributed by atoms with Crippen molar-refractivity contribution in [1.29, 1.82) is 0 Å². The molecular weight excluding hydrogens is 172 g/mol. The van der Waals surface area contributed by atoms with Gasteiger partial charge in [0.15, 0.2) is 0 Å². The van der Waals surface area contributed by atoms with Crippen LogP contribution in [-0.2, 0) is 0 Å². The highest BCUT2D eigenvalue weighted by atomic mass is 15.1. The standard InChI is InChI=1S/C12H26N2/c1-4-14(5-2)9-8-12(13-3)10-11-6-7-11/h11-13H,4-10H2,1-3H3. The smallest absolute Gasteiger partial charge is 0.00788 e. The first-order valence-corrected chi connectivity index (χ1v) is 6.19. The lowest BCUT2D eigenvalue weighted by atomic mass is 10.1. The second kappa shape index (κ2) is 6.41. The van der Waals surface area contributed by atoms with E-state index < -0.39 is 0 Å². The lowest BCUT2D eigenvalue weighted by Gasteiger charge is -2.22. The Morgan fingerprint density at radius 2 is 1.93 bits per heavy atom. The fourth-order valence-corrected chi connectivity index (χ4v) is 2.01. The molecule has 2 heteroatoms. The Morgan fingerprint density at radius 3 is 2.36 bits per heavy atom. The van der Waals surface area contributed by atoms with Gasteiger partial charge >= 0.3 is 0 Å². The van der Waals surface area contributed by atoms with Crippen LogP contribution >= 0.6 is 0 Å². The zero-order valence-corrected chi connectivity index (χ0v) is 10.1. The molecule has 1 atom stereocenters. The molecule has 0 saturated heterocycles. The normalized spacial score (nSPS) is 18.9. The Balaban J connectivity index is 2.11. The van der Waals surface area contributed by atoms with E-state index in [1.807, 2.05) is 0 Å². The van der Waals surface area contributed by atoms with Crippen LogP contribution in [0.4, 0.5) is 0 Å². The highest BCUT2D eigenvalue weighted by Gasteiger charge is 2.24. The van der Waals surface area contributed by atoms with E-state index in [0.29, 0.717) is 0 Å². The minimum Gasteiger partial charge on any atom is -0.317 e. The summed E-state index contributed by atoms with van der Waals surface area (Å²) in [5.41, 5.74) is 0. The van der Waals surface area contributed by atoms with Crippen molar-refractivity contribution in [2.24, 2.45) is 5.92 Å². The average Bonchev–Trinajstić information content (AvgIpc) is 3.01.